The summed E-state index contributed by atoms with van der Waals surface area (Å²) in [5.74, 6) is -1.50. The van der Waals surface area contributed by atoms with Crippen LogP contribution in [0.2, 0.25) is 0 Å². The maximum absolute atomic E-state index is 13.9. The molecule has 0 N–H and O–H groups in total. The Balaban J connectivity index is 2.67. The molecular weight excluding hydrogens is 242 g/mol. The zero-order chi connectivity index (χ0) is 13.9. The highest BCUT2D eigenvalue weighted by molar-refractivity contribution is 5.66. The normalized spacial score (nSPS) is 35.9. The second-order valence-electron chi connectivity index (χ2n) is 4.62. The summed E-state index contributed by atoms with van der Waals surface area (Å²) in [6.45, 7) is 6.05. The van der Waals surface area contributed by atoms with E-state index in [1.54, 1.807) is 6.92 Å². The first-order valence-electron chi connectivity index (χ1n) is 5.93. The molecule has 0 amide bonds. The highest BCUT2D eigenvalue weighted by Crippen LogP contribution is 2.33. The van der Waals surface area contributed by atoms with Crippen LogP contribution in [0.1, 0.15) is 27.7 Å². The van der Waals surface area contributed by atoms with E-state index in [4.69, 9.17) is 14.2 Å². The van der Waals surface area contributed by atoms with E-state index in [1.807, 2.05) is 6.92 Å². The molecule has 104 valence electrons. The second kappa shape index (κ2) is 6.13. The molecule has 0 saturated carbocycles. The molecule has 2 unspecified atom stereocenters. The van der Waals surface area contributed by atoms with Crippen molar-refractivity contribution in [1.82, 2.24) is 0 Å². The lowest BCUT2D eigenvalue weighted by molar-refractivity contribution is -0.253. The Hall–Kier alpha value is -1.17. The molecule has 1 saturated heterocycles. The van der Waals surface area contributed by atoms with Crippen molar-refractivity contribution in [1.29, 1.82) is 0 Å². The van der Waals surface area contributed by atoms with Gasteiger partial charge in [0.25, 0.3) is 0 Å². The van der Waals surface area contributed by atoms with Crippen molar-refractivity contribution in [3.63, 3.8) is 0 Å². The Labute approximate surface area is 106 Å². The molecule has 1 rings (SSSR count). The average molecular weight is 261 g/mol. The molecule has 0 aromatic carbocycles. The monoisotopic (exact) mass is 261 g/mol. The van der Waals surface area contributed by atoms with Gasteiger partial charge in [-0.3, -0.25) is 9.59 Å². The van der Waals surface area contributed by atoms with Gasteiger partial charge in [-0.15, -0.1) is 0 Å². The third-order valence-corrected chi connectivity index (χ3v) is 3.22. The molecule has 5 atom stereocenters. The van der Waals surface area contributed by atoms with Gasteiger partial charge in [-0.1, -0.05) is 13.8 Å². The van der Waals surface area contributed by atoms with Gasteiger partial charge in [0, 0.05) is 13.8 Å². The van der Waals surface area contributed by atoms with Gasteiger partial charge in [-0.05, 0) is 11.8 Å². The van der Waals surface area contributed by atoms with E-state index in [0.29, 0.717) is 0 Å². The van der Waals surface area contributed by atoms with Gasteiger partial charge in [-0.2, -0.15) is 0 Å². The first kappa shape index (κ1) is 14.9. The smallest absolute Gasteiger partial charge is 0.305 e. The summed E-state index contributed by atoms with van der Waals surface area (Å²) in [6.07, 6.45) is -3.08. The van der Waals surface area contributed by atoms with Crippen LogP contribution in [0.15, 0.2) is 0 Å². The van der Waals surface area contributed by atoms with Crippen LogP contribution in [0.4, 0.5) is 4.39 Å². The lowest BCUT2D eigenvalue weighted by Gasteiger charge is -2.40. The standard InChI is InChI=1S/C12H19FO5/c1-6-7(2)11(13)12(17-9(4)15)18-10(6)5-16-8(3)14/h6-7,10-12H,5H2,1-4H3/t6-,7-,10?,11?,12+/m0/s1/i13-1. The van der Waals surface area contributed by atoms with E-state index >= 15 is 0 Å². The van der Waals surface area contributed by atoms with Crippen LogP contribution in [0.3, 0.4) is 0 Å². The van der Waals surface area contributed by atoms with Crippen molar-refractivity contribution in [2.75, 3.05) is 6.61 Å². The zero-order valence-corrected chi connectivity index (χ0v) is 11.0. The fourth-order valence-corrected chi connectivity index (χ4v) is 1.89. The Morgan fingerprint density at radius 1 is 1.17 bits per heavy atom. The van der Waals surface area contributed by atoms with Gasteiger partial charge in [0.15, 0.2) is 6.17 Å². The van der Waals surface area contributed by atoms with E-state index in [0.717, 1.165) is 0 Å². The van der Waals surface area contributed by atoms with E-state index in [2.05, 4.69) is 0 Å². The summed E-state index contributed by atoms with van der Waals surface area (Å²) in [6, 6.07) is 0. The highest BCUT2D eigenvalue weighted by atomic mass is 18.2. The third-order valence-electron chi connectivity index (χ3n) is 3.22. The zero-order valence-electron chi connectivity index (χ0n) is 11.0. The van der Waals surface area contributed by atoms with E-state index in [1.165, 1.54) is 13.8 Å². The maximum atomic E-state index is 13.9. The van der Waals surface area contributed by atoms with Crippen LogP contribution in [0.5, 0.6) is 0 Å². The number of rotatable bonds is 3. The lowest BCUT2D eigenvalue weighted by Crippen LogP contribution is -2.50. The minimum atomic E-state index is -1.38. The molecule has 0 radical (unpaired) electrons. The van der Waals surface area contributed by atoms with Crippen molar-refractivity contribution in [2.24, 2.45) is 11.8 Å². The molecular formula is C12H19FO5. The number of hydrogen-bond donors (Lipinski definition) is 0. The number of halogens is 1. The van der Waals surface area contributed by atoms with Crippen LogP contribution >= 0.6 is 0 Å². The first-order valence-corrected chi connectivity index (χ1v) is 5.93. The van der Waals surface area contributed by atoms with Gasteiger partial charge >= 0.3 is 11.9 Å². The van der Waals surface area contributed by atoms with Crippen LogP contribution in [0, 0.1) is 11.8 Å². The molecule has 1 heterocycles. The van der Waals surface area contributed by atoms with Gasteiger partial charge in [-0.25, -0.2) is 4.39 Å². The molecule has 0 aromatic rings. The molecule has 1 fully saturated rings. The van der Waals surface area contributed by atoms with Crippen LogP contribution in [-0.2, 0) is 23.8 Å². The molecule has 18 heavy (non-hydrogen) atoms. The lowest BCUT2D eigenvalue weighted by atomic mass is 9.84. The number of esters is 2. The van der Waals surface area contributed by atoms with E-state index < -0.39 is 30.5 Å². The molecule has 6 heteroatoms. The number of carbonyl (C=O) groups excluding carboxylic acids is 2. The molecule has 1 aliphatic rings. The van der Waals surface area contributed by atoms with E-state index in [-0.39, 0.29) is 18.4 Å². The fraction of sp³-hybridized carbons (Fsp3) is 0.833. The quantitative estimate of drug-likeness (QED) is 0.719. The topological polar surface area (TPSA) is 61.8 Å². The molecule has 0 spiro atoms. The number of carbonyl (C=O) groups is 2. The number of hydrogen-bond acceptors (Lipinski definition) is 5. The van der Waals surface area contributed by atoms with Gasteiger partial charge in [0.1, 0.15) is 6.61 Å². The van der Waals surface area contributed by atoms with E-state index in [9.17, 15) is 14.0 Å². The van der Waals surface area contributed by atoms with Gasteiger partial charge in [0.2, 0.25) is 6.29 Å². The summed E-state index contributed by atoms with van der Waals surface area (Å²) in [4.78, 5) is 21.6. The second-order valence-corrected chi connectivity index (χ2v) is 4.62. The summed E-state index contributed by atoms with van der Waals surface area (Å²) in [5, 5.41) is 0. The Morgan fingerprint density at radius 2 is 1.78 bits per heavy atom. The van der Waals surface area contributed by atoms with Crippen LogP contribution in [0.25, 0.3) is 0 Å². The summed E-state index contributed by atoms with van der Waals surface area (Å²) < 4.78 is 28.9. The predicted molar refractivity (Wildman–Crippen MR) is 60.3 cm³/mol. The summed E-state index contributed by atoms with van der Waals surface area (Å²) in [5.41, 5.74) is 0. The Kier molecular flexibility index (Phi) is 5.07. The number of ether oxygens (including phenoxy) is 3. The molecule has 5 nitrogen and oxygen atoms in total. The van der Waals surface area contributed by atoms with Crippen molar-refractivity contribution in [3.05, 3.63) is 0 Å². The van der Waals surface area contributed by atoms with Crippen molar-refractivity contribution >= 4 is 11.9 Å². The molecule has 0 aromatic heterocycles. The largest absolute Gasteiger partial charge is 0.463 e. The average Bonchev–Trinajstić information content (AvgIpc) is 2.27. The maximum Gasteiger partial charge on any atom is 0.305 e. The molecule has 0 bridgehead atoms. The van der Waals surface area contributed by atoms with Gasteiger partial charge in [0.05, 0.1) is 6.10 Å². The Morgan fingerprint density at radius 3 is 2.28 bits per heavy atom. The minimum absolute atomic E-state index is 0.0331. The fourth-order valence-electron chi connectivity index (χ4n) is 1.89. The van der Waals surface area contributed by atoms with Crippen LogP contribution < -0.4 is 0 Å². The van der Waals surface area contributed by atoms with Crippen molar-refractivity contribution < 1.29 is 28.2 Å². The summed E-state index contributed by atoms with van der Waals surface area (Å²) >= 11 is 0. The van der Waals surface area contributed by atoms with Gasteiger partial charge < -0.3 is 14.2 Å². The Bertz CT molecular complexity index is 318. The van der Waals surface area contributed by atoms with Crippen LogP contribution in [-0.4, -0.2) is 37.1 Å². The molecule has 1 aliphatic heterocycles. The van der Waals surface area contributed by atoms with Crippen molar-refractivity contribution in [2.45, 2.75) is 46.3 Å². The highest BCUT2D eigenvalue weighted by Gasteiger charge is 2.43. The number of alkyl halides is 1. The predicted octanol–water partition coefficient (Wildman–Crippen LogP) is 1.45. The third kappa shape index (κ3) is 3.66. The SMILES string of the molecule is CC(=O)OCC1O[C@@H](OC(C)=O)C([18F])[C@@H](C)[C@@H]1C. The van der Waals surface area contributed by atoms with Crippen molar-refractivity contribution in [3.8, 4) is 0 Å². The minimum Gasteiger partial charge on any atom is -0.463 e. The molecule has 0 aliphatic carbocycles. The summed E-state index contributed by atoms with van der Waals surface area (Å²) in [7, 11) is 0. The first-order chi connectivity index (χ1) is 8.32.